The fourth-order valence-corrected chi connectivity index (χ4v) is 3.78. The number of nitrogens with one attached hydrogen (secondary N) is 1. The monoisotopic (exact) mass is 407 g/mol. The topological polar surface area (TPSA) is 91.2 Å². The predicted octanol–water partition coefficient (Wildman–Crippen LogP) is 3.10. The molecule has 0 aromatic heterocycles. The molecule has 1 aromatic rings. The Bertz CT molecular complexity index is 863. The van der Waals surface area contributed by atoms with Crippen LogP contribution in [0.15, 0.2) is 28.1 Å². The van der Waals surface area contributed by atoms with E-state index in [-0.39, 0.29) is 17.4 Å². The largest absolute Gasteiger partial charge is 0.507 e. The van der Waals surface area contributed by atoms with Crippen molar-refractivity contribution in [2.45, 2.75) is 38.8 Å². The number of carbonyl (C=O) groups is 2. The SMILES string of the molecule is CC(C)(C)OC(=O)N[C@H]1CCN(C2=NC(=O)/C(=C/c3cc(F)ccc3O)S2)C1. The van der Waals surface area contributed by atoms with Crippen molar-refractivity contribution in [2.24, 2.45) is 4.99 Å². The van der Waals surface area contributed by atoms with Crippen LogP contribution in [0.1, 0.15) is 32.8 Å². The number of benzene rings is 1. The van der Waals surface area contributed by atoms with Crippen LogP contribution in [0.3, 0.4) is 0 Å². The molecule has 2 N–H and O–H groups in total. The highest BCUT2D eigenvalue weighted by molar-refractivity contribution is 8.18. The van der Waals surface area contributed by atoms with Gasteiger partial charge in [-0.3, -0.25) is 4.79 Å². The highest BCUT2D eigenvalue weighted by Crippen LogP contribution is 2.33. The summed E-state index contributed by atoms with van der Waals surface area (Å²) in [5.41, 5.74) is -0.347. The molecule has 9 heteroatoms. The Hall–Kier alpha value is -2.55. The lowest BCUT2D eigenvalue weighted by Gasteiger charge is -2.22. The number of nitrogens with zero attached hydrogens (tertiary/aromatic N) is 2. The van der Waals surface area contributed by atoms with Crippen LogP contribution in [-0.4, -0.2) is 51.9 Å². The number of halogens is 1. The summed E-state index contributed by atoms with van der Waals surface area (Å²) in [6, 6.07) is 3.44. The molecule has 28 heavy (non-hydrogen) atoms. The molecule has 0 spiro atoms. The summed E-state index contributed by atoms with van der Waals surface area (Å²) in [6.45, 7) is 6.54. The van der Waals surface area contributed by atoms with Crippen LogP contribution in [0.25, 0.3) is 6.08 Å². The van der Waals surface area contributed by atoms with Gasteiger partial charge in [-0.15, -0.1) is 0 Å². The fourth-order valence-electron chi connectivity index (χ4n) is 2.84. The van der Waals surface area contributed by atoms with Gasteiger partial charge in [0, 0.05) is 18.7 Å². The Kier molecular flexibility index (Phi) is 5.64. The second-order valence-electron chi connectivity index (χ2n) is 7.59. The highest BCUT2D eigenvalue weighted by Gasteiger charge is 2.32. The number of carbonyl (C=O) groups excluding carboxylic acids is 2. The van der Waals surface area contributed by atoms with E-state index < -0.39 is 23.4 Å². The molecule has 2 aliphatic heterocycles. The number of hydrogen-bond donors (Lipinski definition) is 2. The van der Waals surface area contributed by atoms with Gasteiger partial charge in [0.2, 0.25) is 0 Å². The molecule has 1 saturated heterocycles. The minimum atomic E-state index is -0.567. The lowest BCUT2D eigenvalue weighted by atomic mass is 10.2. The molecule has 1 fully saturated rings. The minimum Gasteiger partial charge on any atom is -0.507 e. The molecule has 0 aliphatic carbocycles. The second kappa shape index (κ2) is 7.83. The molecule has 0 unspecified atom stereocenters. The molecule has 1 atom stereocenters. The van der Waals surface area contributed by atoms with E-state index in [4.69, 9.17) is 4.74 Å². The van der Waals surface area contributed by atoms with E-state index in [1.54, 1.807) is 20.8 Å². The lowest BCUT2D eigenvalue weighted by molar-refractivity contribution is -0.113. The number of thioether (sulfide) groups is 1. The average Bonchev–Trinajstić information content (AvgIpc) is 3.16. The third-order valence-corrected chi connectivity index (χ3v) is 5.11. The Balaban J connectivity index is 1.61. The van der Waals surface area contributed by atoms with Gasteiger partial charge in [-0.25, -0.2) is 9.18 Å². The Morgan fingerprint density at radius 3 is 2.93 bits per heavy atom. The van der Waals surface area contributed by atoms with E-state index in [2.05, 4.69) is 10.3 Å². The summed E-state index contributed by atoms with van der Waals surface area (Å²) in [6.07, 6.45) is 1.66. The van der Waals surface area contributed by atoms with Crippen molar-refractivity contribution in [2.75, 3.05) is 13.1 Å². The van der Waals surface area contributed by atoms with Gasteiger partial charge < -0.3 is 20.1 Å². The fraction of sp³-hybridized carbons (Fsp3) is 0.421. The van der Waals surface area contributed by atoms with Gasteiger partial charge in [0.15, 0.2) is 5.17 Å². The first kappa shape index (κ1) is 20.2. The predicted molar refractivity (Wildman–Crippen MR) is 105 cm³/mol. The molecule has 7 nitrogen and oxygen atoms in total. The second-order valence-corrected chi connectivity index (χ2v) is 8.60. The Morgan fingerprint density at radius 2 is 2.21 bits per heavy atom. The van der Waals surface area contributed by atoms with Crippen molar-refractivity contribution in [1.29, 1.82) is 0 Å². The first-order chi connectivity index (χ1) is 13.1. The summed E-state index contributed by atoms with van der Waals surface area (Å²) < 4.78 is 18.6. The normalized spacial score (nSPS) is 21.2. The number of hydrogen-bond acceptors (Lipinski definition) is 6. The van der Waals surface area contributed by atoms with Crippen molar-refractivity contribution in [3.8, 4) is 5.75 Å². The van der Waals surface area contributed by atoms with Gasteiger partial charge >= 0.3 is 6.09 Å². The van der Waals surface area contributed by atoms with Crippen LogP contribution >= 0.6 is 11.8 Å². The van der Waals surface area contributed by atoms with Gasteiger partial charge in [-0.2, -0.15) is 4.99 Å². The number of rotatable bonds is 2. The zero-order valence-corrected chi connectivity index (χ0v) is 16.7. The maximum atomic E-state index is 13.4. The summed E-state index contributed by atoms with van der Waals surface area (Å²) in [5.74, 6) is -1.05. The average molecular weight is 407 g/mol. The summed E-state index contributed by atoms with van der Waals surface area (Å²) in [4.78, 5) is 30.4. The van der Waals surface area contributed by atoms with Gasteiger partial charge in [0.25, 0.3) is 5.91 Å². The quantitative estimate of drug-likeness (QED) is 0.732. The zero-order chi connectivity index (χ0) is 20.5. The minimum absolute atomic E-state index is 0.103. The number of amides is 2. The number of alkyl carbamates (subject to hydrolysis) is 1. The van der Waals surface area contributed by atoms with Crippen LogP contribution in [0.5, 0.6) is 5.75 Å². The maximum absolute atomic E-state index is 13.4. The van der Waals surface area contributed by atoms with E-state index in [1.165, 1.54) is 23.9 Å². The third kappa shape index (κ3) is 5.03. The Morgan fingerprint density at radius 1 is 1.46 bits per heavy atom. The number of aromatic hydroxyl groups is 1. The standard InChI is InChI=1S/C19H22FN3O4S/c1-19(2,3)27-18(26)21-13-6-7-23(10-13)17-22-16(25)15(28-17)9-11-8-12(20)4-5-14(11)24/h4-5,8-9,13,24H,6-7,10H2,1-3H3,(H,21,26)/b15-9-/t13-/m0/s1. The molecule has 1 aromatic carbocycles. The summed E-state index contributed by atoms with van der Waals surface area (Å²) >= 11 is 1.17. The first-order valence-electron chi connectivity index (χ1n) is 8.86. The van der Waals surface area contributed by atoms with Gasteiger partial charge in [0.1, 0.15) is 17.2 Å². The smallest absolute Gasteiger partial charge is 0.407 e. The lowest BCUT2D eigenvalue weighted by Crippen LogP contribution is -2.40. The first-order valence-corrected chi connectivity index (χ1v) is 9.68. The van der Waals surface area contributed by atoms with E-state index >= 15 is 0 Å². The maximum Gasteiger partial charge on any atom is 0.407 e. The van der Waals surface area contributed by atoms with Gasteiger partial charge in [0.05, 0.1) is 10.9 Å². The van der Waals surface area contributed by atoms with E-state index in [0.717, 1.165) is 12.1 Å². The van der Waals surface area contributed by atoms with Crippen molar-refractivity contribution in [1.82, 2.24) is 10.2 Å². The van der Waals surface area contributed by atoms with Crippen LogP contribution in [0.2, 0.25) is 0 Å². The summed E-state index contributed by atoms with van der Waals surface area (Å²) in [5, 5.41) is 13.2. The van der Waals surface area contributed by atoms with Crippen LogP contribution in [0.4, 0.5) is 9.18 Å². The molecule has 2 amide bonds. The van der Waals surface area contributed by atoms with Crippen molar-refractivity contribution < 1.29 is 23.8 Å². The highest BCUT2D eigenvalue weighted by atomic mass is 32.2. The molecule has 2 heterocycles. The van der Waals surface area contributed by atoms with Crippen LogP contribution in [-0.2, 0) is 9.53 Å². The Labute approximate surface area is 166 Å². The number of amidine groups is 1. The van der Waals surface area contributed by atoms with E-state index in [9.17, 15) is 19.1 Å². The molecule has 0 radical (unpaired) electrons. The number of ether oxygens (including phenoxy) is 1. The van der Waals surface area contributed by atoms with E-state index in [0.29, 0.717) is 29.6 Å². The zero-order valence-electron chi connectivity index (χ0n) is 15.9. The van der Waals surface area contributed by atoms with Crippen molar-refractivity contribution >= 4 is 35.0 Å². The van der Waals surface area contributed by atoms with Crippen LogP contribution < -0.4 is 5.32 Å². The van der Waals surface area contributed by atoms with Gasteiger partial charge in [-0.1, -0.05) is 0 Å². The number of aliphatic imine (C=N–C) groups is 1. The molecule has 0 saturated carbocycles. The molecule has 3 rings (SSSR count). The van der Waals surface area contributed by atoms with Crippen molar-refractivity contribution in [3.63, 3.8) is 0 Å². The summed E-state index contributed by atoms with van der Waals surface area (Å²) in [7, 11) is 0. The third-order valence-electron chi connectivity index (χ3n) is 4.07. The molecule has 2 aliphatic rings. The van der Waals surface area contributed by atoms with E-state index in [1.807, 2.05) is 4.90 Å². The molecular formula is C19H22FN3O4S. The number of likely N-dealkylation sites (tertiary alicyclic amines) is 1. The molecule has 150 valence electrons. The number of phenolic OH excluding ortho intramolecular Hbond substituents is 1. The van der Waals surface area contributed by atoms with Crippen LogP contribution in [0, 0.1) is 5.82 Å². The van der Waals surface area contributed by atoms with Gasteiger partial charge in [-0.05, 0) is 63.2 Å². The molecule has 0 bridgehead atoms. The van der Waals surface area contributed by atoms with Crippen molar-refractivity contribution in [3.05, 3.63) is 34.5 Å². The molecular weight excluding hydrogens is 385 g/mol. The number of phenols is 1.